The molecule has 0 unspecified atom stereocenters. The molecule has 0 aliphatic rings. The molecule has 2 rings (SSSR count). The highest BCUT2D eigenvalue weighted by atomic mass is 19.1. The Balaban J connectivity index is 2.28. The van der Waals surface area contributed by atoms with E-state index in [2.05, 4.69) is 5.32 Å². The van der Waals surface area contributed by atoms with Crippen LogP contribution in [0.2, 0.25) is 0 Å². The van der Waals surface area contributed by atoms with Crippen LogP contribution in [0.1, 0.15) is 27.5 Å². The number of halogens is 1. The number of carbonyl (C=O) groups is 2. The van der Waals surface area contributed by atoms with Crippen molar-refractivity contribution >= 4 is 11.9 Å². The van der Waals surface area contributed by atoms with Gasteiger partial charge in [-0.25, -0.2) is 9.18 Å². The maximum Gasteiger partial charge on any atom is 0.330 e. The van der Waals surface area contributed by atoms with Crippen LogP contribution < -0.4 is 5.32 Å². The van der Waals surface area contributed by atoms with Gasteiger partial charge in [0.2, 0.25) is 0 Å². The quantitative estimate of drug-likeness (QED) is 0.908. The molecular formula is C16H14FNO3. The first-order valence-electron chi connectivity index (χ1n) is 6.34. The van der Waals surface area contributed by atoms with Gasteiger partial charge in [-0.2, -0.15) is 0 Å². The lowest BCUT2D eigenvalue weighted by Gasteiger charge is -2.15. The molecule has 2 aromatic carbocycles. The van der Waals surface area contributed by atoms with Gasteiger partial charge in [0, 0.05) is 0 Å². The SMILES string of the molecule is Cc1cccc(C(=O)N[C@@H](C(=O)O)c2ccccc2)c1F. The van der Waals surface area contributed by atoms with Gasteiger partial charge in [0.15, 0.2) is 6.04 Å². The Morgan fingerprint density at radius 3 is 2.38 bits per heavy atom. The second kappa shape index (κ2) is 6.17. The molecule has 0 saturated heterocycles. The van der Waals surface area contributed by atoms with Crippen LogP contribution >= 0.6 is 0 Å². The van der Waals surface area contributed by atoms with Gasteiger partial charge >= 0.3 is 5.97 Å². The summed E-state index contributed by atoms with van der Waals surface area (Å²) < 4.78 is 13.9. The highest BCUT2D eigenvalue weighted by molar-refractivity contribution is 5.97. The van der Waals surface area contributed by atoms with E-state index in [4.69, 9.17) is 0 Å². The predicted octanol–water partition coefficient (Wildman–Crippen LogP) is 2.69. The number of hydrogen-bond acceptors (Lipinski definition) is 2. The van der Waals surface area contributed by atoms with Crippen LogP contribution in [0.15, 0.2) is 48.5 Å². The van der Waals surface area contributed by atoms with Gasteiger partial charge in [-0.15, -0.1) is 0 Å². The Morgan fingerprint density at radius 1 is 1.10 bits per heavy atom. The first-order valence-corrected chi connectivity index (χ1v) is 6.34. The molecule has 21 heavy (non-hydrogen) atoms. The van der Waals surface area contributed by atoms with Gasteiger partial charge in [0.25, 0.3) is 5.91 Å². The molecule has 0 fully saturated rings. The summed E-state index contributed by atoms with van der Waals surface area (Å²) in [4.78, 5) is 23.4. The van der Waals surface area contributed by atoms with E-state index in [-0.39, 0.29) is 5.56 Å². The lowest BCUT2D eigenvalue weighted by molar-refractivity contribution is -0.139. The van der Waals surface area contributed by atoms with Crippen LogP contribution in [0.3, 0.4) is 0 Å². The number of aliphatic carboxylic acids is 1. The van der Waals surface area contributed by atoms with E-state index in [9.17, 15) is 19.1 Å². The number of aryl methyl sites for hydroxylation is 1. The largest absolute Gasteiger partial charge is 0.479 e. The third-order valence-electron chi connectivity index (χ3n) is 3.09. The van der Waals surface area contributed by atoms with Crippen molar-refractivity contribution in [3.05, 3.63) is 71.0 Å². The molecule has 0 heterocycles. The second-order valence-electron chi connectivity index (χ2n) is 4.59. The van der Waals surface area contributed by atoms with Gasteiger partial charge in [-0.1, -0.05) is 42.5 Å². The molecule has 2 N–H and O–H groups in total. The highest BCUT2D eigenvalue weighted by Crippen LogP contribution is 2.16. The van der Waals surface area contributed by atoms with Crippen LogP contribution in [-0.2, 0) is 4.79 Å². The lowest BCUT2D eigenvalue weighted by Crippen LogP contribution is -2.34. The van der Waals surface area contributed by atoms with E-state index in [1.165, 1.54) is 19.1 Å². The van der Waals surface area contributed by atoms with Gasteiger partial charge in [-0.05, 0) is 24.1 Å². The highest BCUT2D eigenvalue weighted by Gasteiger charge is 2.24. The number of rotatable bonds is 4. The van der Waals surface area contributed by atoms with Crippen LogP contribution in [0.5, 0.6) is 0 Å². The van der Waals surface area contributed by atoms with Crippen LogP contribution in [0, 0.1) is 12.7 Å². The number of carboxylic acid groups (broad SMARTS) is 1. The van der Waals surface area contributed by atoms with Gasteiger partial charge in [-0.3, -0.25) is 4.79 Å². The molecule has 108 valence electrons. The monoisotopic (exact) mass is 287 g/mol. The second-order valence-corrected chi connectivity index (χ2v) is 4.59. The smallest absolute Gasteiger partial charge is 0.330 e. The zero-order valence-corrected chi connectivity index (χ0v) is 11.3. The van der Waals surface area contributed by atoms with E-state index in [1.54, 1.807) is 36.4 Å². The van der Waals surface area contributed by atoms with Crippen molar-refractivity contribution in [2.75, 3.05) is 0 Å². The first kappa shape index (κ1) is 14.7. The predicted molar refractivity (Wildman–Crippen MR) is 75.4 cm³/mol. The topological polar surface area (TPSA) is 66.4 Å². The minimum Gasteiger partial charge on any atom is -0.479 e. The normalized spacial score (nSPS) is 11.7. The summed E-state index contributed by atoms with van der Waals surface area (Å²) in [5.41, 5.74) is 0.581. The fraction of sp³-hybridized carbons (Fsp3) is 0.125. The zero-order chi connectivity index (χ0) is 15.4. The Bertz CT molecular complexity index is 670. The summed E-state index contributed by atoms with van der Waals surface area (Å²) in [6.07, 6.45) is 0. The Labute approximate surface area is 121 Å². The molecule has 5 heteroatoms. The fourth-order valence-corrected chi connectivity index (χ4v) is 1.96. The van der Waals surface area contributed by atoms with E-state index in [0.717, 1.165) is 0 Å². The summed E-state index contributed by atoms with van der Waals surface area (Å²) in [5.74, 6) is -2.61. The maximum absolute atomic E-state index is 13.9. The van der Waals surface area contributed by atoms with Crippen molar-refractivity contribution in [1.29, 1.82) is 0 Å². The standard InChI is InChI=1S/C16H14FNO3/c1-10-6-5-9-12(13(10)17)15(19)18-14(16(20)21)11-7-3-2-4-8-11/h2-9,14H,1H3,(H,18,19)(H,20,21)/t14-/m1/s1. The molecule has 2 aromatic rings. The minimum atomic E-state index is -1.22. The van der Waals surface area contributed by atoms with E-state index < -0.39 is 23.7 Å². The first-order chi connectivity index (χ1) is 10.0. The molecule has 1 amide bonds. The summed E-state index contributed by atoms with van der Waals surface area (Å²) in [7, 11) is 0. The van der Waals surface area contributed by atoms with Crippen molar-refractivity contribution in [3.63, 3.8) is 0 Å². The average Bonchev–Trinajstić information content (AvgIpc) is 2.48. The van der Waals surface area contributed by atoms with E-state index in [1.807, 2.05) is 0 Å². The molecule has 0 saturated carbocycles. The Hall–Kier alpha value is -2.69. The summed E-state index contributed by atoms with van der Waals surface area (Å²) >= 11 is 0. The van der Waals surface area contributed by atoms with E-state index >= 15 is 0 Å². The zero-order valence-electron chi connectivity index (χ0n) is 11.3. The summed E-state index contributed by atoms with van der Waals surface area (Å²) in [6, 6.07) is 11.4. The van der Waals surface area contributed by atoms with Crippen LogP contribution in [-0.4, -0.2) is 17.0 Å². The minimum absolute atomic E-state index is 0.169. The molecule has 1 atom stereocenters. The third kappa shape index (κ3) is 3.25. The summed E-state index contributed by atoms with van der Waals surface area (Å²) in [6.45, 7) is 1.54. The lowest BCUT2D eigenvalue weighted by atomic mass is 10.1. The maximum atomic E-state index is 13.9. The van der Waals surface area contributed by atoms with Gasteiger partial charge < -0.3 is 10.4 Å². The molecule has 0 bridgehead atoms. The number of benzene rings is 2. The molecule has 0 spiro atoms. The third-order valence-corrected chi connectivity index (χ3v) is 3.09. The molecule has 4 nitrogen and oxygen atoms in total. The van der Waals surface area contributed by atoms with Gasteiger partial charge in [0.05, 0.1) is 5.56 Å². The van der Waals surface area contributed by atoms with Crippen molar-refractivity contribution in [1.82, 2.24) is 5.32 Å². The van der Waals surface area contributed by atoms with E-state index in [0.29, 0.717) is 11.1 Å². The Morgan fingerprint density at radius 2 is 1.76 bits per heavy atom. The number of hydrogen-bond donors (Lipinski definition) is 2. The Kier molecular flexibility index (Phi) is 4.33. The molecule has 0 aliphatic carbocycles. The average molecular weight is 287 g/mol. The molecule has 0 aromatic heterocycles. The summed E-state index contributed by atoms with van der Waals surface area (Å²) in [5, 5.41) is 11.6. The number of carbonyl (C=O) groups excluding carboxylic acids is 1. The number of amides is 1. The number of nitrogens with one attached hydrogen (secondary N) is 1. The molecule has 0 aliphatic heterocycles. The van der Waals surface area contributed by atoms with Gasteiger partial charge in [0.1, 0.15) is 5.82 Å². The molecule has 0 radical (unpaired) electrons. The number of carboxylic acids is 1. The van der Waals surface area contributed by atoms with Crippen molar-refractivity contribution in [2.24, 2.45) is 0 Å². The van der Waals surface area contributed by atoms with Crippen molar-refractivity contribution in [2.45, 2.75) is 13.0 Å². The fourth-order valence-electron chi connectivity index (χ4n) is 1.96. The van der Waals surface area contributed by atoms with Crippen molar-refractivity contribution in [3.8, 4) is 0 Å². The molecular weight excluding hydrogens is 273 g/mol. The van der Waals surface area contributed by atoms with Crippen LogP contribution in [0.25, 0.3) is 0 Å². The van der Waals surface area contributed by atoms with Crippen LogP contribution in [0.4, 0.5) is 4.39 Å². The van der Waals surface area contributed by atoms with Crippen molar-refractivity contribution < 1.29 is 19.1 Å².